The van der Waals surface area contributed by atoms with Crippen LogP contribution in [0.2, 0.25) is 5.02 Å². The second-order valence-corrected chi connectivity index (χ2v) is 5.71. The lowest BCUT2D eigenvalue weighted by atomic mass is 10.1. The van der Waals surface area contributed by atoms with Crippen molar-refractivity contribution in [1.82, 2.24) is 0 Å². The van der Waals surface area contributed by atoms with Crippen molar-refractivity contribution in [1.29, 1.82) is 0 Å². The summed E-state index contributed by atoms with van der Waals surface area (Å²) in [5, 5.41) is 3.31. The molecular weight excluding hydrogens is 345 g/mol. The Morgan fingerprint density at radius 2 is 2.00 bits per heavy atom. The topological polar surface area (TPSA) is 29.1 Å². The molecule has 0 spiro atoms. The number of amides is 1. The van der Waals surface area contributed by atoms with Gasteiger partial charge in [-0.25, -0.2) is 4.39 Å². The summed E-state index contributed by atoms with van der Waals surface area (Å²) >= 11 is 9.11. The highest BCUT2D eigenvalue weighted by Gasteiger charge is 2.13. The molecule has 20 heavy (non-hydrogen) atoms. The second kappa shape index (κ2) is 5.94. The molecule has 2 rings (SSSR count). The van der Waals surface area contributed by atoms with Gasteiger partial charge in [-0.2, -0.15) is 0 Å². The summed E-state index contributed by atoms with van der Waals surface area (Å²) in [6, 6.07) is 8.06. The van der Waals surface area contributed by atoms with Crippen LogP contribution in [0.25, 0.3) is 0 Å². The number of nitrogens with one attached hydrogen (secondary N) is 1. The van der Waals surface area contributed by atoms with E-state index >= 15 is 0 Å². The lowest BCUT2D eigenvalue weighted by Gasteiger charge is -2.11. The van der Waals surface area contributed by atoms with Gasteiger partial charge in [0.05, 0.1) is 4.47 Å². The van der Waals surface area contributed by atoms with E-state index in [0.29, 0.717) is 31.9 Å². The molecule has 2 aromatic carbocycles. The predicted octanol–water partition coefficient (Wildman–Crippen LogP) is 5.11. The van der Waals surface area contributed by atoms with E-state index in [-0.39, 0.29) is 11.7 Å². The van der Waals surface area contributed by atoms with Crippen LogP contribution in [0.5, 0.6) is 0 Å². The van der Waals surface area contributed by atoms with Crippen LogP contribution in [-0.2, 0) is 0 Å². The summed E-state index contributed by atoms with van der Waals surface area (Å²) in [4.78, 5) is 12.3. The Balaban J connectivity index is 2.33. The van der Waals surface area contributed by atoms with Crippen LogP contribution >= 0.6 is 27.5 Å². The first kappa shape index (κ1) is 15.0. The largest absolute Gasteiger partial charge is 0.322 e. The van der Waals surface area contributed by atoms with Crippen LogP contribution in [-0.4, -0.2) is 5.91 Å². The second-order valence-electron chi connectivity index (χ2n) is 4.45. The van der Waals surface area contributed by atoms with E-state index in [0.717, 1.165) is 0 Å². The maximum atomic E-state index is 13.4. The molecule has 0 atom stereocenters. The van der Waals surface area contributed by atoms with Gasteiger partial charge < -0.3 is 5.32 Å². The van der Waals surface area contributed by atoms with Crippen LogP contribution in [0.15, 0.2) is 34.8 Å². The quantitative estimate of drug-likeness (QED) is 0.796. The minimum absolute atomic E-state index is 0.272. The molecule has 0 heterocycles. The van der Waals surface area contributed by atoms with E-state index in [1.807, 2.05) is 0 Å². The van der Waals surface area contributed by atoms with Gasteiger partial charge in [0.25, 0.3) is 5.91 Å². The Bertz CT molecular complexity index is 688. The first-order valence-corrected chi connectivity index (χ1v) is 7.09. The third-order valence-electron chi connectivity index (χ3n) is 3.03. The number of benzene rings is 2. The molecule has 0 fully saturated rings. The van der Waals surface area contributed by atoms with Crippen LogP contribution < -0.4 is 5.32 Å². The van der Waals surface area contributed by atoms with E-state index in [9.17, 15) is 9.18 Å². The van der Waals surface area contributed by atoms with Crippen LogP contribution in [0.4, 0.5) is 10.1 Å². The first-order valence-electron chi connectivity index (χ1n) is 5.92. The van der Waals surface area contributed by atoms with E-state index in [2.05, 4.69) is 21.2 Å². The Morgan fingerprint density at radius 3 is 2.70 bits per heavy atom. The number of carbonyl (C=O) groups excluding carboxylic acids is 1. The van der Waals surface area contributed by atoms with Crippen molar-refractivity contribution in [2.45, 2.75) is 13.8 Å². The highest BCUT2D eigenvalue weighted by atomic mass is 79.9. The summed E-state index contributed by atoms with van der Waals surface area (Å²) in [7, 11) is 0. The van der Waals surface area contributed by atoms with Gasteiger partial charge >= 0.3 is 0 Å². The molecule has 0 unspecified atom stereocenters. The molecule has 0 bridgehead atoms. The third-order valence-corrected chi connectivity index (χ3v) is 4.04. The number of anilines is 1. The summed E-state index contributed by atoms with van der Waals surface area (Å²) in [5.41, 5.74) is 2.42. The van der Waals surface area contributed by atoms with Crippen LogP contribution in [0, 0.1) is 19.7 Å². The molecule has 0 aliphatic heterocycles. The van der Waals surface area contributed by atoms with E-state index in [1.54, 1.807) is 38.1 Å². The van der Waals surface area contributed by atoms with Crippen molar-refractivity contribution >= 4 is 39.1 Å². The maximum absolute atomic E-state index is 13.4. The molecule has 2 aromatic rings. The fourth-order valence-electron chi connectivity index (χ4n) is 1.82. The number of hydrogen-bond acceptors (Lipinski definition) is 1. The van der Waals surface area contributed by atoms with Crippen LogP contribution in [0.3, 0.4) is 0 Å². The van der Waals surface area contributed by atoms with Gasteiger partial charge in [-0.05, 0) is 65.2 Å². The number of rotatable bonds is 2. The smallest absolute Gasteiger partial charge is 0.255 e. The fourth-order valence-corrected chi connectivity index (χ4v) is 2.34. The van der Waals surface area contributed by atoms with Crippen LogP contribution in [0.1, 0.15) is 21.5 Å². The molecule has 1 N–H and O–H groups in total. The van der Waals surface area contributed by atoms with Gasteiger partial charge in [0.2, 0.25) is 0 Å². The fraction of sp³-hybridized carbons (Fsp3) is 0.133. The zero-order valence-corrected chi connectivity index (χ0v) is 13.3. The maximum Gasteiger partial charge on any atom is 0.255 e. The van der Waals surface area contributed by atoms with Gasteiger partial charge in [0.15, 0.2) is 0 Å². The molecule has 5 heteroatoms. The highest BCUT2D eigenvalue weighted by molar-refractivity contribution is 9.10. The third kappa shape index (κ3) is 3.02. The van der Waals surface area contributed by atoms with E-state index in [4.69, 9.17) is 11.6 Å². The average Bonchev–Trinajstić information content (AvgIpc) is 2.39. The summed E-state index contributed by atoms with van der Waals surface area (Å²) < 4.78 is 13.7. The minimum atomic E-state index is -0.362. The molecule has 0 aromatic heterocycles. The van der Waals surface area contributed by atoms with Gasteiger partial charge in [-0.15, -0.1) is 0 Å². The SMILES string of the molecule is Cc1cc(F)c(Br)cc1NC(=O)c1cccc(Cl)c1C. The zero-order chi connectivity index (χ0) is 14.9. The minimum Gasteiger partial charge on any atom is -0.322 e. The molecule has 2 nitrogen and oxygen atoms in total. The highest BCUT2D eigenvalue weighted by Crippen LogP contribution is 2.25. The Hall–Kier alpha value is -1.39. The summed E-state index contributed by atoms with van der Waals surface area (Å²) in [5.74, 6) is -0.633. The Morgan fingerprint density at radius 1 is 1.30 bits per heavy atom. The van der Waals surface area contributed by atoms with Crippen molar-refractivity contribution < 1.29 is 9.18 Å². The molecule has 0 saturated heterocycles. The molecule has 0 aliphatic carbocycles. The van der Waals surface area contributed by atoms with E-state index < -0.39 is 0 Å². The lowest BCUT2D eigenvalue weighted by molar-refractivity contribution is 0.102. The molecule has 1 amide bonds. The van der Waals surface area contributed by atoms with Crippen molar-refractivity contribution in [2.75, 3.05) is 5.32 Å². The lowest BCUT2D eigenvalue weighted by Crippen LogP contribution is -2.14. The first-order chi connectivity index (χ1) is 9.40. The summed E-state index contributed by atoms with van der Waals surface area (Å²) in [6.45, 7) is 3.51. The number of hydrogen-bond donors (Lipinski definition) is 1. The zero-order valence-electron chi connectivity index (χ0n) is 10.9. The van der Waals surface area contributed by atoms with Crippen molar-refractivity contribution in [2.24, 2.45) is 0 Å². The standard InChI is InChI=1S/C15H12BrClFNO/c1-8-6-13(18)11(16)7-14(8)19-15(20)10-4-3-5-12(17)9(10)2/h3-7H,1-2H3,(H,19,20). The molecular formula is C15H12BrClFNO. The Kier molecular flexibility index (Phi) is 4.45. The van der Waals surface area contributed by atoms with Gasteiger partial charge in [0, 0.05) is 16.3 Å². The molecule has 0 saturated carbocycles. The van der Waals surface area contributed by atoms with E-state index in [1.165, 1.54) is 6.07 Å². The normalized spacial score (nSPS) is 10.4. The number of halogens is 3. The van der Waals surface area contributed by atoms with Gasteiger partial charge in [-0.3, -0.25) is 4.79 Å². The monoisotopic (exact) mass is 355 g/mol. The Labute approximate surface area is 130 Å². The number of carbonyl (C=O) groups is 1. The van der Waals surface area contributed by atoms with Crippen molar-refractivity contribution in [3.8, 4) is 0 Å². The predicted molar refractivity (Wildman–Crippen MR) is 83.0 cm³/mol. The molecule has 0 aliphatic rings. The number of aryl methyl sites for hydroxylation is 1. The molecule has 0 radical (unpaired) electrons. The van der Waals surface area contributed by atoms with Crippen molar-refractivity contribution in [3.05, 3.63) is 62.3 Å². The van der Waals surface area contributed by atoms with Gasteiger partial charge in [0.1, 0.15) is 5.82 Å². The average molecular weight is 357 g/mol. The van der Waals surface area contributed by atoms with Crippen molar-refractivity contribution in [3.63, 3.8) is 0 Å². The van der Waals surface area contributed by atoms with Gasteiger partial charge in [-0.1, -0.05) is 17.7 Å². The summed E-state index contributed by atoms with van der Waals surface area (Å²) in [6.07, 6.45) is 0. The molecule has 104 valence electrons.